The third kappa shape index (κ3) is 2.88. The van der Waals surface area contributed by atoms with Crippen molar-refractivity contribution in [3.05, 3.63) is 17.9 Å². The highest BCUT2D eigenvalue weighted by atomic mass is 16.4. The van der Waals surface area contributed by atoms with Crippen LogP contribution in [0.3, 0.4) is 0 Å². The van der Waals surface area contributed by atoms with E-state index in [0.29, 0.717) is 5.76 Å². The molecule has 2 rings (SSSR count). The van der Waals surface area contributed by atoms with E-state index in [0.717, 1.165) is 38.2 Å². The standard InChI is InChI=1S/C13H19NO3/c1-10(15)11-4-5-12(17-11)14-8-3-6-13(2,16)7-9-14/h4-5,16H,3,6-9H2,1-2H3. The first-order valence-electron chi connectivity index (χ1n) is 6.06. The first-order chi connectivity index (χ1) is 7.98. The second-order valence-corrected chi connectivity index (χ2v) is 5.03. The fourth-order valence-corrected chi connectivity index (χ4v) is 2.17. The molecule has 1 unspecified atom stereocenters. The predicted octanol–water partition coefficient (Wildman–Crippen LogP) is 2.22. The number of ketones is 1. The highest BCUT2D eigenvalue weighted by Gasteiger charge is 2.26. The van der Waals surface area contributed by atoms with Crippen LogP contribution in [-0.4, -0.2) is 29.6 Å². The molecule has 94 valence electrons. The van der Waals surface area contributed by atoms with Crippen molar-refractivity contribution in [2.75, 3.05) is 18.0 Å². The van der Waals surface area contributed by atoms with Crippen LogP contribution in [0.15, 0.2) is 16.5 Å². The van der Waals surface area contributed by atoms with E-state index in [2.05, 4.69) is 4.90 Å². The van der Waals surface area contributed by atoms with E-state index in [4.69, 9.17) is 4.42 Å². The molecule has 0 bridgehead atoms. The Labute approximate surface area is 101 Å². The fraction of sp³-hybridized carbons (Fsp3) is 0.615. The zero-order chi connectivity index (χ0) is 12.5. The van der Waals surface area contributed by atoms with Crippen molar-refractivity contribution in [1.29, 1.82) is 0 Å². The molecule has 17 heavy (non-hydrogen) atoms. The average molecular weight is 237 g/mol. The average Bonchev–Trinajstić information content (AvgIpc) is 2.65. The second kappa shape index (κ2) is 4.53. The van der Waals surface area contributed by atoms with Crippen molar-refractivity contribution in [3.63, 3.8) is 0 Å². The molecule has 2 heterocycles. The van der Waals surface area contributed by atoms with Crippen molar-refractivity contribution in [3.8, 4) is 0 Å². The number of aliphatic hydroxyl groups is 1. The van der Waals surface area contributed by atoms with Gasteiger partial charge in [0.2, 0.25) is 0 Å². The summed E-state index contributed by atoms with van der Waals surface area (Å²) in [6.07, 6.45) is 2.47. The predicted molar refractivity (Wildman–Crippen MR) is 65.4 cm³/mol. The van der Waals surface area contributed by atoms with Gasteiger partial charge in [-0.1, -0.05) is 0 Å². The summed E-state index contributed by atoms with van der Waals surface area (Å²) < 4.78 is 5.50. The van der Waals surface area contributed by atoms with Crippen LogP contribution in [0.4, 0.5) is 5.88 Å². The molecular weight excluding hydrogens is 218 g/mol. The number of furan rings is 1. The molecule has 1 aromatic heterocycles. The monoisotopic (exact) mass is 237 g/mol. The van der Waals surface area contributed by atoms with Gasteiger partial charge in [0.25, 0.3) is 0 Å². The largest absolute Gasteiger partial charge is 0.437 e. The normalized spacial score (nSPS) is 25.7. The van der Waals surface area contributed by atoms with Crippen molar-refractivity contribution >= 4 is 11.7 Å². The fourth-order valence-electron chi connectivity index (χ4n) is 2.17. The summed E-state index contributed by atoms with van der Waals surface area (Å²) in [7, 11) is 0. The molecule has 0 aliphatic carbocycles. The summed E-state index contributed by atoms with van der Waals surface area (Å²) in [6.45, 7) is 4.99. The van der Waals surface area contributed by atoms with Crippen LogP contribution >= 0.6 is 0 Å². The molecule has 0 amide bonds. The number of nitrogens with zero attached hydrogens (tertiary/aromatic N) is 1. The van der Waals surface area contributed by atoms with E-state index in [1.165, 1.54) is 6.92 Å². The van der Waals surface area contributed by atoms with Crippen LogP contribution in [0.2, 0.25) is 0 Å². The Bertz CT molecular complexity index is 409. The maximum atomic E-state index is 11.2. The maximum absolute atomic E-state index is 11.2. The van der Waals surface area contributed by atoms with Gasteiger partial charge in [-0.3, -0.25) is 4.79 Å². The van der Waals surface area contributed by atoms with E-state index < -0.39 is 5.60 Å². The third-order valence-corrected chi connectivity index (χ3v) is 3.31. The van der Waals surface area contributed by atoms with Gasteiger partial charge in [0, 0.05) is 26.1 Å². The zero-order valence-electron chi connectivity index (χ0n) is 10.4. The topological polar surface area (TPSA) is 53.7 Å². The Morgan fingerprint density at radius 1 is 1.41 bits per heavy atom. The molecule has 0 radical (unpaired) electrons. The molecule has 1 atom stereocenters. The Balaban J connectivity index is 2.09. The number of Topliss-reactive ketones (excluding diaryl/α,β-unsaturated/α-hetero) is 1. The summed E-state index contributed by atoms with van der Waals surface area (Å²) in [5.41, 5.74) is -0.579. The van der Waals surface area contributed by atoms with Gasteiger partial charge in [-0.2, -0.15) is 0 Å². The summed E-state index contributed by atoms with van der Waals surface area (Å²) in [4.78, 5) is 13.3. The highest BCUT2D eigenvalue weighted by Crippen LogP contribution is 2.26. The van der Waals surface area contributed by atoms with Gasteiger partial charge in [0.05, 0.1) is 5.60 Å². The molecule has 1 aliphatic rings. The van der Waals surface area contributed by atoms with Gasteiger partial charge < -0.3 is 14.4 Å². The summed E-state index contributed by atoms with van der Waals surface area (Å²) >= 11 is 0. The van der Waals surface area contributed by atoms with Crippen molar-refractivity contribution in [1.82, 2.24) is 0 Å². The van der Waals surface area contributed by atoms with Crippen LogP contribution in [0, 0.1) is 0 Å². The lowest BCUT2D eigenvalue weighted by Gasteiger charge is -2.22. The second-order valence-electron chi connectivity index (χ2n) is 5.03. The van der Waals surface area contributed by atoms with Gasteiger partial charge in [-0.05, 0) is 32.3 Å². The van der Waals surface area contributed by atoms with Crippen LogP contribution in [0.5, 0.6) is 0 Å². The number of hydrogen-bond acceptors (Lipinski definition) is 4. The smallest absolute Gasteiger partial charge is 0.196 e. The first kappa shape index (κ1) is 12.2. The molecule has 1 aliphatic heterocycles. The molecule has 4 heteroatoms. The van der Waals surface area contributed by atoms with E-state index in [1.54, 1.807) is 6.07 Å². The van der Waals surface area contributed by atoms with Gasteiger partial charge in [0.1, 0.15) is 0 Å². The Morgan fingerprint density at radius 2 is 2.18 bits per heavy atom. The SMILES string of the molecule is CC(=O)c1ccc(N2CCCC(C)(O)CC2)o1. The van der Waals surface area contributed by atoms with E-state index >= 15 is 0 Å². The first-order valence-corrected chi connectivity index (χ1v) is 6.06. The molecule has 0 aromatic carbocycles. The lowest BCUT2D eigenvalue weighted by Crippen LogP contribution is -2.28. The summed E-state index contributed by atoms with van der Waals surface area (Å²) in [5.74, 6) is 1.07. The Hall–Kier alpha value is -1.29. The molecule has 1 aromatic rings. The minimum absolute atomic E-state index is 0.0573. The van der Waals surface area contributed by atoms with Crippen LogP contribution in [-0.2, 0) is 0 Å². The number of anilines is 1. The van der Waals surface area contributed by atoms with Crippen molar-refractivity contribution in [2.45, 2.75) is 38.7 Å². The minimum Gasteiger partial charge on any atom is -0.437 e. The maximum Gasteiger partial charge on any atom is 0.196 e. The molecule has 0 spiro atoms. The van der Waals surface area contributed by atoms with Crippen LogP contribution in [0.1, 0.15) is 43.7 Å². The van der Waals surface area contributed by atoms with E-state index in [9.17, 15) is 9.90 Å². The number of hydrogen-bond donors (Lipinski definition) is 1. The molecule has 1 N–H and O–H groups in total. The number of rotatable bonds is 2. The van der Waals surface area contributed by atoms with E-state index in [-0.39, 0.29) is 5.78 Å². The minimum atomic E-state index is -0.579. The lowest BCUT2D eigenvalue weighted by atomic mass is 9.98. The van der Waals surface area contributed by atoms with Gasteiger partial charge in [0.15, 0.2) is 17.4 Å². The van der Waals surface area contributed by atoms with Crippen molar-refractivity contribution in [2.24, 2.45) is 0 Å². The van der Waals surface area contributed by atoms with E-state index in [1.807, 2.05) is 13.0 Å². The molecule has 0 saturated carbocycles. The van der Waals surface area contributed by atoms with Gasteiger partial charge in [-0.15, -0.1) is 0 Å². The van der Waals surface area contributed by atoms with Crippen LogP contribution in [0.25, 0.3) is 0 Å². The Kier molecular flexibility index (Phi) is 3.24. The molecular formula is C13H19NO3. The van der Waals surface area contributed by atoms with Crippen molar-refractivity contribution < 1.29 is 14.3 Å². The molecule has 1 fully saturated rings. The quantitative estimate of drug-likeness (QED) is 0.801. The molecule has 4 nitrogen and oxygen atoms in total. The number of carbonyl (C=O) groups excluding carboxylic acids is 1. The lowest BCUT2D eigenvalue weighted by molar-refractivity contribution is 0.0481. The highest BCUT2D eigenvalue weighted by molar-refractivity contribution is 5.91. The van der Waals surface area contributed by atoms with Gasteiger partial charge >= 0.3 is 0 Å². The van der Waals surface area contributed by atoms with Crippen LogP contribution < -0.4 is 4.90 Å². The number of carbonyl (C=O) groups is 1. The third-order valence-electron chi connectivity index (χ3n) is 3.31. The summed E-state index contributed by atoms with van der Waals surface area (Å²) in [6, 6.07) is 3.54. The Morgan fingerprint density at radius 3 is 2.82 bits per heavy atom. The summed E-state index contributed by atoms with van der Waals surface area (Å²) in [5, 5.41) is 10.0. The molecule has 1 saturated heterocycles. The van der Waals surface area contributed by atoms with Gasteiger partial charge in [-0.25, -0.2) is 0 Å². The zero-order valence-corrected chi connectivity index (χ0v) is 10.4.